The van der Waals surface area contributed by atoms with Crippen molar-refractivity contribution < 1.29 is 0 Å². The Morgan fingerprint density at radius 3 is 1.84 bits per heavy atom. The molecule has 1 N–H and O–H groups in total. The van der Waals surface area contributed by atoms with E-state index in [-0.39, 0.29) is 16.2 Å². The quantitative estimate of drug-likeness (QED) is 0.202. The van der Waals surface area contributed by atoms with E-state index >= 15 is 0 Å². The van der Waals surface area contributed by atoms with Gasteiger partial charge < -0.3 is 15.1 Å². The molecule has 3 heterocycles. The van der Waals surface area contributed by atoms with Gasteiger partial charge in [0.2, 0.25) is 0 Å². The van der Waals surface area contributed by atoms with Crippen molar-refractivity contribution in [1.82, 2.24) is 9.55 Å². The van der Waals surface area contributed by atoms with Gasteiger partial charge in [0, 0.05) is 52.1 Å². The molecule has 0 radical (unpaired) electrons. The van der Waals surface area contributed by atoms with Crippen LogP contribution < -0.4 is 15.1 Å². The maximum atomic E-state index is 4.91. The highest BCUT2D eigenvalue weighted by Crippen LogP contribution is 2.38. The summed E-state index contributed by atoms with van der Waals surface area (Å²) in [7, 11) is 0. The summed E-state index contributed by atoms with van der Waals surface area (Å²) in [5.74, 6) is 0.938. The van der Waals surface area contributed by atoms with Gasteiger partial charge in [-0.1, -0.05) is 92.6 Å². The SMILES string of the molecule is CC(C)(C)c1cccc(N2C=CN(c3cccc(Nc4ccc5c6cc(C(C)(C)C)ccc6n(-c6cc(C(C)(C)C)ccn6)c5c4)c3)C2)c1. The zero-order valence-corrected chi connectivity index (χ0v) is 30.5. The van der Waals surface area contributed by atoms with Gasteiger partial charge in [0.1, 0.15) is 5.82 Å². The van der Waals surface area contributed by atoms with Crippen molar-refractivity contribution in [2.75, 3.05) is 21.8 Å². The summed E-state index contributed by atoms with van der Waals surface area (Å²) in [6.07, 6.45) is 6.28. The Labute approximate surface area is 291 Å². The number of hydrogen-bond acceptors (Lipinski definition) is 4. The molecule has 0 saturated heterocycles. The van der Waals surface area contributed by atoms with Crippen LogP contribution in [0.4, 0.5) is 22.7 Å². The zero-order chi connectivity index (χ0) is 34.7. The summed E-state index contributed by atoms with van der Waals surface area (Å²) in [4.78, 5) is 9.50. The van der Waals surface area contributed by atoms with E-state index in [1.54, 1.807) is 0 Å². The van der Waals surface area contributed by atoms with E-state index in [0.717, 1.165) is 35.1 Å². The Kier molecular flexibility index (Phi) is 7.85. The van der Waals surface area contributed by atoms with Gasteiger partial charge in [-0.05, 0) is 99.7 Å². The van der Waals surface area contributed by atoms with Gasteiger partial charge in [-0.25, -0.2) is 4.98 Å². The lowest BCUT2D eigenvalue weighted by atomic mass is 9.86. The molecule has 5 nitrogen and oxygen atoms in total. The van der Waals surface area contributed by atoms with Gasteiger partial charge in [-0.3, -0.25) is 4.57 Å². The first kappa shape index (κ1) is 32.5. The number of rotatable bonds is 5. The molecular weight excluding hydrogens is 599 g/mol. The van der Waals surface area contributed by atoms with E-state index < -0.39 is 0 Å². The Balaban J connectivity index is 1.22. The maximum Gasteiger partial charge on any atom is 0.137 e. The average Bonchev–Trinajstić information content (AvgIpc) is 3.67. The number of fused-ring (bicyclic) bond motifs is 3. The number of anilines is 4. The molecule has 0 fully saturated rings. The van der Waals surface area contributed by atoms with Gasteiger partial charge in [0.25, 0.3) is 0 Å². The van der Waals surface area contributed by atoms with Gasteiger partial charge in [-0.15, -0.1) is 0 Å². The second kappa shape index (κ2) is 11.8. The lowest BCUT2D eigenvalue weighted by Crippen LogP contribution is -2.25. The molecule has 1 aliphatic heterocycles. The Morgan fingerprint density at radius 1 is 0.531 bits per heavy atom. The van der Waals surface area contributed by atoms with Crippen LogP contribution in [0.5, 0.6) is 0 Å². The highest BCUT2D eigenvalue weighted by atomic mass is 15.3. The minimum absolute atomic E-state index is 0.0195. The third-order valence-corrected chi connectivity index (χ3v) is 9.71. The lowest BCUT2D eigenvalue weighted by molar-refractivity contribution is 0.588. The largest absolute Gasteiger partial charge is 0.355 e. The summed E-state index contributed by atoms with van der Waals surface area (Å²) in [6, 6.07) is 35.5. The molecule has 49 heavy (non-hydrogen) atoms. The van der Waals surface area contributed by atoms with Crippen molar-refractivity contribution in [2.24, 2.45) is 0 Å². The third kappa shape index (κ3) is 6.42. The normalized spacial score (nSPS) is 14.0. The molecule has 7 rings (SSSR count). The first-order chi connectivity index (χ1) is 23.1. The van der Waals surface area contributed by atoms with Crippen LogP contribution in [0.25, 0.3) is 27.6 Å². The molecule has 6 aromatic rings. The topological polar surface area (TPSA) is 36.3 Å². The molecule has 2 aromatic heterocycles. The fourth-order valence-corrected chi connectivity index (χ4v) is 6.65. The van der Waals surface area contributed by atoms with E-state index in [4.69, 9.17) is 4.98 Å². The highest BCUT2D eigenvalue weighted by molar-refractivity contribution is 6.10. The summed E-state index contributed by atoms with van der Waals surface area (Å²) in [5.41, 5.74) is 10.8. The molecule has 0 bridgehead atoms. The molecule has 0 amide bonds. The van der Waals surface area contributed by atoms with E-state index in [9.17, 15) is 0 Å². The molecular formula is C44H49N5. The Morgan fingerprint density at radius 2 is 1.14 bits per heavy atom. The number of nitrogens with zero attached hydrogens (tertiary/aromatic N) is 4. The number of nitrogens with one attached hydrogen (secondary N) is 1. The first-order valence-electron chi connectivity index (χ1n) is 17.4. The van der Waals surface area contributed by atoms with Crippen LogP contribution in [0.1, 0.15) is 79.0 Å². The minimum Gasteiger partial charge on any atom is -0.355 e. The molecule has 0 saturated carbocycles. The van der Waals surface area contributed by atoms with E-state index in [0.29, 0.717) is 0 Å². The number of benzene rings is 4. The third-order valence-electron chi connectivity index (χ3n) is 9.71. The molecule has 1 aliphatic rings. The van der Waals surface area contributed by atoms with Crippen molar-refractivity contribution in [2.45, 2.75) is 78.6 Å². The summed E-state index contributed by atoms with van der Waals surface area (Å²) < 4.78 is 2.33. The van der Waals surface area contributed by atoms with Gasteiger partial charge in [-0.2, -0.15) is 0 Å². The zero-order valence-electron chi connectivity index (χ0n) is 30.5. The first-order valence-corrected chi connectivity index (χ1v) is 17.4. The van der Waals surface area contributed by atoms with Crippen LogP contribution in [0.15, 0.2) is 116 Å². The molecule has 0 spiro atoms. The number of pyridine rings is 1. The predicted octanol–water partition coefficient (Wildman–Crippen LogP) is 11.6. The standard InChI is InChI=1S/C44H49N5/c1-42(2,3)30-12-10-14-35(24-30)47-22-23-48(29-47)36-15-11-13-33(27-36)46-34-17-18-37-38-25-31(43(4,5)6)16-19-39(38)49(40(37)28-34)41-26-32(20-21-45-41)44(7,8)9/h10-28,46H,29H2,1-9H3. The lowest BCUT2D eigenvalue weighted by Gasteiger charge is -2.25. The number of hydrogen-bond donors (Lipinski definition) is 1. The maximum absolute atomic E-state index is 4.91. The van der Waals surface area contributed by atoms with E-state index in [2.05, 4.69) is 191 Å². The average molecular weight is 648 g/mol. The molecule has 0 aliphatic carbocycles. The second-order valence-electron chi connectivity index (χ2n) is 16.6. The monoisotopic (exact) mass is 647 g/mol. The van der Waals surface area contributed by atoms with Gasteiger partial charge >= 0.3 is 0 Å². The number of aromatic nitrogens is 2. The van der Waals surface area contributed by atoms with Gasteiger partial charge in [0.15, 0.2) is 0 Å². The van der Waals surface area contributed by atoms with Crippen molar-refractivity contribution in [3.63, 3.8) is 0 Å². The predicted molar refractivity (Wildman–Crippen MR) is 210 cm³/mol. The van der Waals surface area contributed by atoms with E-state index in [1.165, 1.54) is 38.7 Å². The van der Waals surface area contributed by atoms with E-state index in [1.807, 2.05) is 6.20 Å². The van der Waals surface area contributed by atoms with Crippen LogP contribution in [0, 0.1) is 0 Å². The van der Waals surface area contributed by atoms with Crippen LogP contribution in [0.3, 0.4) is 0 Å². The summed E-state index contributed by atoms with van der Waals surface area (Å²) in [6.45, 7) is 21.1. The van der Waals surface area contributed by atoms with Crippen molar-refractivity contribution in [1.29, 1.82) is 0 Å². The molecule has 0 unspecified atom stereocenters. The van der Waals surface area contributed by atoms with Gasteiger partial charge in [0.05, 0.1) is 17.7 Å². The molecule has 0 atom stereocenters. The van der Waals surface area contributed by atoms with Crippen molar-refractivity contribution >= 4 is 44.6 Å². The molecule has 250 valence electrons. The van der Waals surface area contributed by atoms with Crippen molar-refractivity contribution in [3.05, 3.63) is 132 Å². The van der Waals surface area contributed by atoms with Crippen LogP contribution in [-0.2, 0) is 16.2 Å². The molecule has 5 heteroatoms. The Hall–Kier alpha value is -5.03. The van der Waals surface area contributed by atoms with Crippen LogP contribution in [0.2, 0.25) is 0 Å². The second-order valence-corrected chi connectivity index (χ2v) is 16.6. The summed E-state index contributed by atoms with van der Waals surface area (Å²) in [5, 5.41) is 6.19. The minimum atomic E-state index is 0.0195. The summed E-state index contributed by atoms with van der Waals surface area (Å²) >= 11 is 0. The molecule has 4 aromatic carbocycles. The fraction of sp³-hybridized carbons (Fsp3) is 0.295. The van der Waals surface area contributed by atoms with Crippen molar-refractivity contribution in [3.8, 4) is 5.82 Å². The van der Waals surface area contributed by atoms with Crippen LogP contribution in [-0.4, -0.2) is 16.2 Å². The fourth-order valence-electron chi connectivity index (χ4n) is 6.65. The smallest absolute Gasteiger partial charge is 0.137 e. The Bertz CT molecular complexity index is 2200. The highest BCUT2D eigenvalue weighted by Gasteiger charge is 2.22. The van der Waals surface area contributed by atoms with Crippen LogP contribution >= 0.6 is 0 Å².